The summed E-state index contributed by atoms with van der Waals surface area (Å²) in [5.41, 5.74) is 7.38. The normalized spacial score (nSPS) is 12.7. The van der Waals surface area contributed by atoms with Crippen LogP contribution in [0.2, 0.25) is 0 Å². The van der Waals surface area contributed by atoms with Crippen molar-refractivity contribution in [2.75, 3.05) is 11.9 Å². The first kappa shape index (κ1) is 25.8. The SMILES string of the molecule is CCCCCCCCCCCCc1ccc(NC(=O)[C@H](N)COP(=O)(O)O)cc1. The first-order valence-corrected chi connectivity index (χ1v) is 12.2. The maximum Gasteiger partial charge on any atom is 0.469 e. The fourth-order valence-electron chi connectivity index (χ4n) is 3.06. The number of phosphoric ester groups is 1. The number of unbranched alkanes of at least 4 members (excludes halogenated alkanes) is 9. The molecule has 0 fully saturated rings. The molecule has 5 N–H and O–H groups in total. The molecule has 7 nitrogen and oxygen atoms in total. The van der Waals surface area contributed by atoms with Gasteiger partial charge in [0.2, 0.25) is 5.91 Å². The Balaban J connectivity index is 2.17. The lowest BCUT2D eigenvalue weighted by molar-refractivity contribution is -0.118. The summed E-state index contributed by atoms with van der Waals surface area (Å²) in [5, 5.41) is 2.62. The summed E-state index contributed by atoms with van der Waals surface area (Å²) < 4.78 is 14.9. The van der Waals surface area contributed by atoms with Crippen molar-refractivity contribution in [2.24, 2.45) is 5.73 Å². The fraction of sp³-hybridized carbons (Fsp3) is 0.667. The highest BCUT2D eigenvalue weighted by Crippen LogP contribution is 2.35. The maximum atomic E-state index is 11.9. The lowest BCUT2D eigenvalue weighted by atomic mass is 10.0. The Labute approximate surface area is 174 Å². The summed E-state index contributed by atoms with van der Waals surface area (Å²) in [4.78, 5) is 29.2. The Kier molecular flexibility index (Phi) is 13.1. The molecule has 0 saturated carbocycles. The van der Waals surface area contributed by atoms with Crippen molar-refractivity contribution in [3.05, 3.63) is 29.8 Å². The van der Waals surface area contributed by atoms with Crippen LogP contribution in [0.5, 0.6) is 0 Å². The highest BCUT2D eigenvalue weighted by molar-refractivity contribution is 7.46. The first-order valence-electron chi connectivity index (χ1n) is 10.7. The lowest BCUT2D eigenvalue weighted by Gasteiger charge is -2.13. The molecule has 0 heterocycles. The fourth-order valence-corrected chi connectivity index (χ4v) is 3.41. The number of aryl methyl sites for hydroxylation is 1. The molecule has 1 aromatic rings. The summed E-state index contributed by atoms with van der Waals surface area (Å²) in [6, 6.07) is 6.40. The number of rotatable bonds is 16. The van der Waals surface area contributed by atoms with Crippen LogP contribution in [0, 0.1) is 0 Å². The number of carbonyl (C=O) groups excluding carboxylic acids is 1. The van der Waals surface area contributed by atoms with Crippen LogP contribution in [-0.2, 0) is 20.3 Å². The molecule has 1 amide bonds. The average Bonchev–Trinajstić information content (AvgIpc) is 2.68. The van der Waals surface area contributed by atoms with Gasteiger partial charge in [0.25, 0.3) is 0 Å². The molecule has 29 heavy (non-hydrogen) atoms. The van der Waals surface area contributed by atoms with Gasteiger partial charge in [0.15, 0.2) is 0 Å². The van der Waals surface area contributed by atoms with Gasteiger partial charge in [-0.2, -0.15) is 0 Å². The van der Waals surface area contributed by atoms with E-state index in [-0.39, 0.29) is 0 Å². The lowest BCUT2D eigenvalue weighted by Crippen LogP contribution is -2.39. The van der Waals surface area contributed by atoms with Gasteiger partial charge in [-0.1, -0.05) is 76.8 Å². The number of nitrogens with two attached hydrogens (primary N) is 1. The number of anilines is 1. The number of amides is 1. The molecule has 0 aliphatic carbocycles. The molecule has 0 radical (unpaired) electrons. The van der Waals surface area contributed by atoms with E-state index in [1.54, 1.807) is 12.1 Å². The molecular weight excluding hydrogens is 391 g/mol. The predicted octanol–water partition coefficient (Wildman–Crippen LogP) is 4.53. The molecule has 0 unspecified atom stereocenters. The van der Waals surface area contributed by atoms with Gasteiger partial charge in [-0.15, -0.1) is 0 Å². The number of carbonyl (C=O) groups is 1. The molecule has 0 aliphatic rings. The van der Waals surface area contributed by atoms with E-state index in [1.807, 2.05) is 12.1 Å². The Morgan fingerprint density at radius 3 is 2.03 bits per heavy atom. The summed E-state index contributed by atoms with van der Waals surface area (Å²) in [6.07, 6.45) is 14.1. The Morgan fingerprint density at radius 2 is 1.52 bits per heavy atom. The largest absolute Gasteiger partial charge is 0.469 e. The first-order chi connectivity index (χ1) is 13.8. The zero-order valence-corrected chi connectivity index (χ0v) is 18.4. The van der Waals surface area contributed by atoms with Crippen LogP contribution in [0.25, 0.3) is 0 Å². The minimum absolute atomic E-state index is 0.549. The molecule has 1 aromatic carbocycles. The maximum absolute atomic E-state index is 11.9. The second kappa shape index (κ2) is 14.7. The molecule has 0 saturated heterocycles. The molecule has 0 aromatic heterocycles. The van der Waals surface area contributed by atoms with Crippen molar-refractivity contribution >= 4 is 19.4 Å². The van der Waals surface area contributed by atoms with Crippen LogP contribution >= 0.6 is 7.82 Å². The standard InChI is InChI=1S/C21H37N2O5P/c1-2-3-4-5-6-7-8-9-10-11-12-18-13-15-19(16-14-18)23-21(24)20(22)17-28-29(25,26)27/h13-16,20H,2-12,17,22H2,1H3,(H,23,24)(H2,25,26,27)/t20-/m1/s1. The molecule has 1 atom stereocenters. The van der Waals surface area contributed by atoms with Crippen LogP contribution in [0.15, 0.2) is 24.3 Å². The smallest absolute Gasteiger partial charge is 0.325 e. The van der Waals surface area contributed by atoms with Crippen molar-refractivity contribution in [2.45, 2.75) is 83.6 Å². The van der Waals surface area contributed by atoms with Crippen molar-refractivity contribution in [3.8, 4) is 0 Å². The van der Waals surface area contributed by atoms with Crippen LogP contribution in [-0.4, -0.2) is 28.3 Å². The Bertz CT molecular complexity index is 618. The van der Waals surface area contributed by atoms with Gasteiger partial charge in [0, 0.05) is 5.69 Å². The molecule has 1 rings (SSSR count). The number of nitrogens with one attached hydrogen (secondary N) is 1. The average molecular weight is 429 g/mol. The highest BCUT2D eigenvalue weighted by atomic mass is 31.2. The van der Waals surface area contributed by atoms with Crippen LogP contribution < -0.4 is 11.1 Å². The van der Waals surface area contributed by atoms with Gasteiger partial charge in [0.05, 0.1) is 6.61 Å². The van der Waals surface area contributed by atoms with Gasteiger partial charge < -0.3 is 20.8 Å². The summed E-state index contributed by atoms with van der Waals surface area (Å²) in [7, 11) is -4.63. The molecule has 166 valence electrons. The van der Waals surface area contributed by atoms with Crippen LogP contribution in [0.3, 0.4) is 0 Å². The van der Waals surface area contributed by atoms with E-state index in [0.717, 1.165) is 12.8 Å². The summed E-state index contributed by atoms with van der Waals surface area (Å²) in [6.45, 7) is 1.70. The monoisotopic (exact) mass is 428 g/mol. The van der Waals surface area contributed by atoms with Gasteiger partial charge >= 0.3 is 7.82 Å². The Morgan fingerprint density at radius 1 is 1.00 bits per heavy atom. The van der Waals surface area contributed by atoms with E-state index in [2.05, 4.69) is 16.8 Å². The third kappa shape index (κ3) is 13.6. The number of hydrogen-bond donors (Lipinski definition) is 4. The molecule has 0 bridgehead atoms. The minimum atomic E-state index is -4.63. The summed E-state index contributed by atoms with van der Waals surface area (Å²) in [5.74, 6) is -0.555. The van der Waals surface area contributed by atoms with E-state index in [9.17, 15) is 9.36 Å². The number of hydrogen-bond acceptors (Lipinski definition) is 4. The van der Waals surface area contributed by atoms with Gasteiger partial charge in [-0.05, 0) is 30.5 Å². The summed E-state index contributed by atoms with van der Waals surface area (Å²) >= 11 is 0. The van der Waals surface area contributed by atoms with Crippen molar-refractivity contribution in [1.29, 1.82) is 0 Å². The van der Waals surface area contributed by atoms with Crippen LogP contribution in [0.4, 0.5) is 5.69 Å². The van der Waals surface area contributed by atoms with E-state index in [0.29, 0.717) is 5.69 Å². The predicted molar refractivity (Wildman–Crippen MR) is 117 cm³/mol. The van der Waals surface area contributed by atoms with E-state index >= 15 is 0 Å². The van der Waals surface area contributed by atoms with Crippen LogP contribution in [0.1, 0.15) is 76.7 Å². The van der Waals surface area contributed by atoms with Gasteiger partial charge in [-0.3, -0.25) is 9.32 Å². The Hall–Kier alpha value is -1.24. The topological polar surface area (TPSA) is 122 Å². The second-order valence-electron chi connectivity index (χ2n) is 7.51. The molecule has 0 aliphatic heterocycles. The zero-order chi connectivity index (χ0) is 21.5. The minimum Gasteiger partial charge on any atom is -0.325 e. The molecule has 8 heteroatoms. The zero-order valence-electron chi connectivity index (χ0n) is 17.5. The molecular formula is C21H37N2O5P. The van der Waals surface area contributed by atoms with E-state index in [1.165, 1.54) is 63.4 Å². The number of phosphoric acid groups is 1. The highest BCUT2D eigenvalue weighted by Gasteiger charge is 2.20. The van der Waals surface area contributed by atoms with Crippen molar-refractivity contribution < 1.29 is 23.7 Å². The van der Waals surface area contributed by atoms with E-state index in [4.69, 9.17) is 15.5 Å². The van der Waals surface area contributed by atoms with Gasteiger partial charge in [0.1, 0.15) is 6.04 Å². The number of benzene rings is 1. The molecule has 0 spiro atoms. The van der Waals surface area contributed by atoms with Crippen molar-refractivity contribution in [1.82, 2.24) is 0 Å². The quantitative estimate of drug-likeness (QED) is 0.227. The second-order valence-corrected chi connectivity index (χ2v) is 8.75. The van der Waals surface area contributed by atoms with Crippen molar-refractivity contribution in [3.63, 3.8) is 0 Å². The third-order valence-electron chi connectivity index (χ3n) is 4.80. The van der Waals surface area contributed by atoms with E-state index < -0.39 is 26.4 Å². The third-order valence-corrected chi connectivity index (χ3v) is 5.28. The van der Waals surface area contributed by atoms with Gasteiger partial charge in [-0.25, -0.2) is 4.57 Å².